The van der Waals surface area contributed by atoms with Gasteiger partial charge in [-0.1, -0.05) is 6.07 Å². The van der Waals surface area contributed by atoms with Gasteiger partial charge in [-0.05, 0) is 37.8 Å². The normalized spacial score (nSPS) is 14.1. The molecule has 3 heterocycles. The second-order valence-corrected chi connectivity index (χ2v) is 6.60. The van der Waals surface area contributed by atoms with Gasteiger partial charge >= 0.3 is 0 Å². The van der Waals surface area contributed by atoms with E-state index in [0.29, 0.717) is 12.1 Å². The molecule has 0 aliphatic heterocycles. The molecule has 3 aromatic heterocycles. The number of aromatic nitrogens is 4. The molecule has 3 rings (SSSR count). The summed E-state index contributed by atoms with van der Waals surface area (Å²) in [4.78, 5) is 1.22. The van der Waals surface area contributed by atoms with E-state index >= 15 is 0 Å². The maximum absolute atomic E-state index is 4.40. The van der Waals surface area contributed by atoms with E-state index < -0.39 is 0 Å². The van der Waals surface area contributed by atoms with E-state index in [2.05, 4.69) is 65.1 Å². The summed E-state index contributed by atoms with van der Waals surface area (Å²) >= 11 is 1.72. The van der Waals surface area contributed by atoms with E-state index in [9.17, 15) is 0 Å². The van der Waals surface area contributed by atoms with Crippen molar-refractivity contribution in [3.05, 3.63) is 47.2 Å². The molecular weight excluding hydrogens is 294 g/mol. The molecule has 0 bridgehead atoms. The second kappa shape index (κ2) is 6.46. The highest BCUT2D eigenvalue weighted by Gasteiger charge is 2.16. The van der Waals surface area contributed by atoms with E-state index in [4.69, 9.17) is 0 Å². The first-order valence-electron chi connectivity index (χ1n) is 7.45. The molecule has 0 amide bonds. The van der Waals surface area contributed by atoms with Crippen LogP contribution in [-0.4, -0.2) is 26.0 Å². The fraction of sp³-hybridized carbons (Fsp3) is 0.375. The van der Waals surface area contributed by atoms with Crippen molar-refractivity contribution >= 4 is 11.3 Å². The minimum Gasteiger partial charge on any atom is -0.308 e. The molecule has 0 aliphatic rings. The van der Waals surface area contributed by atoms with Crippen molar-refractivity contribution in [1.29, 1.82) is 0 Å². The highest BCUT2D eigenvalue weighted by molar-refractivity contribution is 7.13. The molecule has 0 saturated heterocycles. The fourth-order valence-corrected chi connectivity index (χ4v) is 3.16. The third kappa shape index (κ3) is 3.13. The lowest BCUT2D eigenvalue weighted by atomic mass is 10.1. The number of aryl methyl sites for hydroxylation is 1. The van der Waals surface area contributed by atoms with Gasteiger partial charge in [-0.15, -0.1) is 11.3 Å². The Morgan fingerprint density at radius 1 is 1.36 bits per heavy atom. The number of hydrogen-bond acceptors (Lipinski definition) is 4. The zero-order valence-electron chi connectivity index (χ0n) is 13.1. The highest BCUT2D eigenvalue weighted by atomic mass is 32.1. The minimum atomic E-state index is 0.297. The van der Waals surface area contributed by atoms with Gasteiger partial charge in [0.05, 0.1) is 29.0 Å². The molecule has 0 fully saturated rings. The molecule has 0 aliphatic carbocycles. The van der Waals surface area contributed by atoms with E-state index in [1.807, 2.05) is 17.1 Å². The zero-order valence-corrected chi connectivity index (χ0v) is 13.9. The number of aromatic amines is 1. The number of nitrogens with one attached hydrogen (secondary N) is 2. The summed E-state index contributed by atoms with van der Waals surface area (Å²) in [5.74, 6) is 0. The molecule has 2 N–H and O–H groups in total. The molecule has 0 unspecified atom stereocenters. The lowest BCUT2D eigenvalue weighted by molar-refractivity contribution is 0.365. The number of hydrogen-bond donors (Lipinski definition) is 2. The molecule has 5 nitrogen and oxygen atoms in total. The van der Waals surface area contributed by atoms with Gasteiger partial charge in [0.2, 0.25) is 0 Å². The number of thiophene rings is 1. The van der Waals surface area contributed by atoms with E-state index in [1.54, 1.807) is 11.3 Å². The molecule has 2 atom stereocenters. The second-order valence-electron chi connectivity index (χ2n) is 5.66. The van der Waals surface area contributed by atoms with Crippen LogP contribution < -0.4 is 5.32 Å². The van der Waals surface area contributed by atoms with E-state index in [0.717, 1.165) is 12.2 Å². The summed E-state index contributed by atoms with van der Waals surface area (Å²) in [7, 11) is 0. The van der Waals surface area contributed by atoms with Gasteiger partial charge in [-0.25, -0.2) is 0 Å². The molecule has 0 spiro atoms. The molecule has 3 aromatic rings. The molecule has 22 heavy (non-hydrogen) atoms. The van der Waals surface area contributed by atoms with Crippen LogP contribution in [0.1, 0.15) is 31.0 Å². The molecule has 0 radical (unpaired) electrons. The number of nitrogens with zero attached hydrogens (tertiary/aromatic N) is 3. The van der Waals surface area contributed by atoms with Crippen molar-refractivity contribution in [2.24, 2.45) is 0 Å². The van der Waals surface area contributed by atoms with Crippen LogP contribution in [0.4, 0.5) is 0 Å². The Morgan fingerprint density at radius 2 is 2.23 bits per heavy atom. The van der Waals surface area contributed by atoms with Crippen LogP contribution in [0.25, 0.3) is 10.6 Å². The molecule has 6 heteroatoms. The largest absolute Gasteiger partial charge is 0.308 e. The number of rotatable bonds is 6. The topological polar surface area (TPSA) is 58.5 Å². The Morgan fingerprint density at radius 3 is 2.91 bits per heavy atom. The van der Waals surface area contributed by atoms with Crippen LogP contribution in [0.15, 0.2) is 36.1 Å². The van der Waals surface area contributed by atoms with Crippen molar-refractivity contribution in [3.63, 3.8) is 0 Å². The monoisotopic (exact) mass is 315 g/mol. The summed E-state index contributed by atoms with van der Waals surface area (Å²) in [6.07, 6.45) is 5.88. The summed E-state index contributed by atoms with van der Waals surface area (Å²) in [6.45, 7) is 7.22. The van der Waals surface area contributed by atoms with E-state index in [1.165, 1.54) is 16.0 Å². The van der Waals surface area contributed by atoms with Gasteiger partial charge in [0, 0.05) is 24.3 Å². The molecule has 116 valence electrons. The van der Waals surface area contributed by atoms with Gasteiger partial charge in [0.1, 0.15) is 0 Å². The Kier molecular flexibility index (Phi) is 4.40. The van der Waals surface area contributed by atoms with Crippen molar-refractivity contribution in [2.45, 2.75) is 39.4 Å². The van der Waals surface area contributed by atoms with Crippen LogP contribution in [0.5, 0.6) is 0 Å². The lowest BCUT2D eigenvalue weighted by Gasteiger charge is -2.21. The quantitative estimate of drug-likeness (QED) is 0.733. The first-order chi connectivity index (χ1) is 10.6. The van der Waals surface area contributed by atoms with Crippen LogP contribution >= 0.6 is 11.3 Å². The van der Waals surface area contributed by atoms with Crippen molar-refractivity contribution in [3.8, 4) is 10.6 Å². The summed E-state index contributed by atoms with van der Waals surface area (Å²) in [5.41, 5.74) is 3.49. The Balaban J connectivity index is 1.64. The summed E-state index contributed by atoms with van der Waals surface area (Å²) in [6, 6.07) is 4.78. The summed E-state index contributed by atoms with van der Waals surface area (Å²) in [5, 5.41) is 17.3. The fourth-order valence-electron chi connectivity index (χ4n) is 2.41. The first-order valence-corrected chi connectivity index (χ1v) is 8.33. The van der Waals surface area contributed by atoms with Crippen LogP contribution in [0.2, 0.25) is 0 Å². The predicted octanol–water partition coefficient (Wildman–Crippen LogP) is 3.38. The predicted molar refractivity (Wildman–Crippen MR) is 89.9 cm³/mol. The molecular formula is C16H21N5S. The van der Waals surface area contributed by atoms with Crippen molar-refractivity contribution in [1.82, 2.24) is 25.3 Å². The lowest BCUT2D eigenvalue weighted by Crippen LogP contribution is -2.33. The van der Waals surface area contributed by atoms with E-state index in [-0.39, 0.29) is 0 Å². The van der Waals surface area contributed by atoms with Crippen molar-refractivity contribution < 1.29 is 0 Å². The SMILES string of the molecule is Cc1cnn([C@@H](C)[C@@H](C)NCc2cn[nH]c2-c2cccs2)c1. The average Bonchev–Trinajstić information content (AvgIpc) is 3.24. The summed E-state index contributed by atoms with van der Waals surface area (Å²) < 4.78 is 2.02. The minimum absolute atomic E-state index is 0.297. The number of H-pyrrole nitrogens is 1. The third-order valence-electron chi connectivity index (χ3n) is 3.97. The van der Waals surface area contributed by atoms with Crippen LogP contribution in [0.3, 0.4) is 0 Å². The van der Waals surface area contributed by atoms with Crippen LogP contribution in [-0.2, 0) is 6.54 Å². The Hall–Kier alpha value is -1.92. The smallest absolute Gasteiger partial charge is 0.0794 e. The van der Waals surface area contributed by atoms with Gasteiger partial charge in [0.25, 0.3) is 0 Å². The maximum atomic E-state index is 4.40. The Bertz CT molecular complexity index is 713. The first kappa shape index (κ1) is 15.0. The third-order valence-corrected chi connectivity index (χ3v) is 4.86. The Labute approximate surface area is 134 Å². The molecule has 0 saturated carbocycles. The van der Waals surface area contributed by atoms with Gasteiger partial charge in [-0.3, -0.25) is 9.78 Å². The average molecular weight is 315 g/mol. The maximum Gasteiger partial charge on any atom is 0.0794 e. The standard InChI is InChI=1S/C16H21N5S/c1-11-7-19-21(10-11)13(3)12(2)17-8-14-9-18-20-16(14)15-5-4-6-22-15/h4-7,9-10,12-13,17H,8H2,1-3H3,(H,18,20)/t12-,13+/m1/s1. The van der Waals surface area contributed by atoms with Gasteiger partial charge < -0.3 is 5.32 Å². The highest BCUT2D eigenvalue weighted by Crippen LogP contribution is 2.25. The van der Waals surface area contributed by atoms with Gasteiger partial charge in [0.15, 0.2) is 0 Å². The zero-order chi connectivity index (χ0) is 15.5. The van der Waals surface area contributed by atoms with Crippen LogP contribution in [0, 0.1) is 6.92 Å². The van der Waals surface area contributed by atoms with Gasteiger partial charge in [-0.2, -0.15) is 10.2 Å². The molecule has 0 aromatic carbocycles. The van der Waals surface area contributed by atoms with Crippen molar-refractivity contribution in [2.75, 3.05) is 0 Å².